The van der Waals surface area contributed by atoms with Crippen molar-refractivity contribution in [2.75, 3.05) is 11.9 Å². The maximum Gasteiger partial charge on any atom is 0.272 e. The topological polar surface area (TPSA) is 92.1 Å². The lowest BCUT2D eigenvalue weighted by Gasteiger charge is -2.16. The summed E-state index contributed by atoms with van der Waals surface area (Å²) in [7, 11) is 0. The van der Waals surface area contributed by atoms with E-state index in [0.717, 1.165) is 22.6 Å². The van der Waals surface area contributed by atoms with Gasteiger partial charge in [-0.3, -0.25) is 4.79 Å². The van der Waals surface area contributed by atoms with Crippen molar-refractivity contribution in [3.63, 3.8) is 0 Å². The Morgan fingerprint density at radius 2 is 2.17 bits per heavy atom. The predicted molar refractivity (Wildman–Crippen MR) is 111 cm³/mol. The van der Waals surface area contributed by atoms with Crippen molar-refractivity contribution in [2.45, 2.75) is 31.8 Å². The van der Waals surface area contributed by atoms with Crippen LogP contribution in [-0.2, 0) is 0 Å². The second-order valence-corrected chi connectivity index (χ2v) is 7.64. The zero-order valence-electron chi connectivity index (χ0n) is 16.0. The van der Waals surface area contributed by atoms with Crippen LogP contribution in [0.2, 0.25) is 5.02 Å². The highest BCUT2D eigenvalue weighted by molar-refractivity contribution is 6.30. The van der Waals surface area contributed by atoms with Crippen LogP contribution in [0.5, 0.6) is 0 Å². The minimum Gasteiger partial charge on any atom is -0.394 e. The van der Waals surface area contributed by atoms with Crippen molar-refractivity contribution < 1.29 is 9.90 Å². The van der Waals surface area contributed by atoms with Gasteiger partial charge in [-0.2, -0.15) is 0 Å². The van der Waals surface area contributed by atoms with Gasteiger partial charge < -0.3 is 20.3 Å². The molecule has 0 unspecified atom stereocenters. The number of pyridine rings is 1. The molecule has 1 atom stereocenters. The molecule has 1 saturated carbocycles. The van der Waals surface area contributed by atoms with Crippen LogP contribution < -0.4 is 10.6 Å². The molecule has 2 aromatic heterocycles. The van der Waals surface area contributed by atoms with Crippen molar-refractivity contribution in [2.24, 2.45) is 0 Å². The molecule has 7 nitrogen and oxygen atoms in total. The Labute approximate surface area is 173 Å². The number of hydrogen-bond acceptors (Lipinski definition) is 5. The quantitative estimate of drug-likeness (QED) is 0.555. The number of aliphatic hydroxyl groups is 1. The summed E-state index contributed by atoms with van der Waals surface area (Å²) >= 11 is 6.01. The molecule has 3 N–H and O–H groups in total. The monoisotopic (exact) mass is 411 g/mol. The van der Waals surface area contributed by atoms with Crippen LogP contribution in [0.3, 0.4) is 0 Å². The van der Waals surface area contributed by atoms with Crippen molar-refractivity contribution in [1.82, 2.24) is 19.9 Å². The molecule has 1 aliphatic rings. The largest absolute Gasteiger partial charge is 0.394 e. The lowest BCUT2D eigenvalue weighted by Crippen LogP contribution is -2.31. The third-order valence-electron chi connectivity index (χ3n) is 4.84. The molecule has 1 aromatic carbocycles. The first-order valence-electron chi connectivity index (χ1n) is 9.48. The average Bonchev–Trinajstić information content (AvgIpc) is 3.39. The summed E-state index contributed by atoms with van der Waals surface area (Å²) in [5, 5.41) is 16.4. The average molecular weight is 412 g/mol. The highest BCUT2D eigenvalue weighted by Crippen LogP contribution is 2.25. The molecule has 1 fully saturated rings. The van der Waals surface area contributed by atoms with Crippen LogP contribution in [-0.4, -0.2) is 38.2 Å². The SMILES string of the molecule is Cc1cnc(NC2CC2)cc1-n1cnc(C(=O)N[C@H](CO)c2cccc(Cl)c2)c1. The standard InChI is InChI=1S/C21H22ClN5O2/c1-13-9-23-20(25-16-5-6-16)8-19(13)27-10-17(24-12-27)21(29)26-18(11-28)14-3-2-4-15(22)7-14/h2-4,7-10,12,16,18,28H,5-6,11H2,1H3,(H,23,25)(H,26,29)/t18-/m1/s1. The van der Waals surface area contributed by atoms with Gasteiger partial charge in [-0.25, -0.2) is 9.97 Å². The number of aliphatic hydroxyl groups excluding tert-OH is 1. The van der Waals surface area contributed by atoms with Crippen molar-refractivity contribution in [3.8, 4) is 5.69 Å². The first-order valence-corrected chi connectivity index (χ1v) is 9.86. The lowest BCUT2D eigenvalue weighted by molar-refractivity contribution is 0.0911. The fourth-order valence-electron chi connectivity index (χ4n) is 3.07. The van der Waals surface area contributed by atoms with Gasteiger partial charge >= 0.3 is 0 Å². The molecule has 0 saturated heterocycles. The molecule has 2 heterocycles. The van der Waals surface area contributed by atoms with Crippen LogP contribution in [0.1, 0.15) is 40.5 Å². The van der Waals surface area contributed by atoms with Gasteiger partial charge in [0.2, 0.25) is 0 Å². The summed E-state index contributed by atoms with van der Waals surface area (Å²) in [6.07, 6.45) is 7.41. The van der Waals surface area contributed by atoms with Gasteiger partial charge in [0.15, 0.2) is 0 Å². The fourth-order valence-corrected chi connectivity index (χ4v) is 3.27. The molecule has 0 spiro atoms. The second-order valence-electron chi connectivity index (χ2n) is 7.20. The third kappa shape index (κ3) is 4.58. The number of amides is 1. The van der Waals surface area contributed by atoms with E-state index in [9.17, 15) is 9.90 Å². The number of benzene rings is 1. The lowest BCUT2D eigenvalue weighted by atomic mass is 10.1. The van der Waals surface area contributed by atoms with Crippen molar-refractivity contribution >= 4 is 23.3 Å². The fraction of sp³-hybridized carbons (Fsp3) is 0.286. The molecule has 0 aliphatic heterocycles. The van der Waals surface area contributed by atoms with E-state index < -0.39 is 6.04 Å². The summed E-state index contributed by atoms with van der Waals surface area (Å²) in [6.45, 7) is 1.72. The molecular weight excluding hydrogens is 390 g/mol. The van der Waals surface area contributed by atoms with Gasteiger partial charge in [0.05, 0.1) is 18.3 Å². The molecule has 0 radical (unpaired) electrons. The maximum absolute atomic E-state index is 12.7. The Hall–Kier alpha value is -2.90. The second kappa shape index (κ2) is 8.23. The Morgan fingerprint density at radius 3 is 2.90 bits per heavy atom. The van der Waals surface area contributed by atoms with E-state index in [1.807, 2.05) is 13.0 Å². The summed E-state index contributed by atoms with van der Waals surface area (Å²) in [4.78, 5) is 21.3. The van der Waals surface area contributed by atoms with Crippen LogP contribution in [0.15, 0.2) is 49.1 Å². The van der Waals surface area contributed by atoms with Crippen LogP contribution >= 0.6 is 11.6 Å². The van der Waals surface area contributed by atoms with Crippen LogP contribution in [0, 0.1) is 6.92 Å². The van der Waals surface area contributed by atoms with Gasteiger partial charge in [-0.05, 0) is 43.0 Å². The summed E-state index contributed by atoms with van der Waals surface area (Å²) in [5.74, 6) is 0.444. The third-order valence-corrected chi connectivity index (χ3v) is 5.07. The molecule has 1 aliphatic carbocycles. The molecule has 0 bridgehead atoms. The predicted octanol–water partition coefficient (Wildman–Crippen LogP) is 3.27. The molecular formula is C21H22ClN5O2. The van der Waals surface area contributed by atoms with Gasteiger partial charge in [-0.1, -0.05) is 23.7 Å². The van der Waals surface area contributed by atoms with E-state index in [2.05, 4.69) is 20.6 Å². The number of rotatable bonds is 7. The van der Waals surface area contributed by atoms with E-state index in [-0.39, 0.29) is 18.2 Å². The van der Waals surface area contributed by atoms with Crippen LogP contribution in [0.4, 0.5) is 5.82 Å². The van der Waals surface area contributed by atoms with E-state index in [1.54, 1.807) is 47.6 Å². The first kappa shape index (κ1) is 19.4. The molecule has 1 amide bonds. The summed E-state index contributed by atoms with van der Waals surface area (Å²) < 4.78 is 1.80. The smallest absolute Gasteiger partial charge is 0.272 e. The maximum atomic E-state index is 12.7. The molecule has 4 rings (SSSR count). The Kier molecular flexibility index (Phi) is 5.51. The minimum atomic E-state index is -0.566. The number of nitrogens with one attached hydrogen (secondary N) is 2. The van der Waals surface area contributed by atoms with E-state index in [4.69, 9.17) is 11.6 Å². The Balaban J connectivity index is 1.51. The first-order chi connectivity index (χ1) is 14.0. The van der Waals surface area contributed by atoms with Gasteiger partial charge in [0.25, 0.3) is 5.91 Å². The Morgan fingerprint density at radius 1 is 1.34 bits per heavy atom. The molecule has 150 valence electrons. The number of hydrogen-bond donors (Lipinski definition) is 3. The van der Waals surface area contributed by atoms with E-state index in [1.165, 1.54) is 12.8 Å². The number of aromatic nitrogens is 3. The number of anilines is 1. The minimum absolute atomic E-state index is 0.244. The normalized spacial score (nSPS) is 14.4. The van der Waals surface area contributed by atoms with Crippen molar-refractivity contribution in [3.05, 3.63) is 70.9 Å². The number of nitrogens with zero attached hydrogens (tertiary/aromatic N) is 3. The van der Waals surface area contributed by atoms with Crippen LogP contribution in [0.25, 0.3) is 5.69 Å². The Bertz CT molecular complexity index is 1030. The molecule has 3 aromatic rings. The van der Waals surface area contributed by atoms with Gasteiger partial charge in [0, 0.05) is 29.5 Å². The highest BCUT2D eigenvalue weighted by atomic mass is 35.5. The zero-order valence-corrected chi connectivity index (χ0v) is 16.7. The van der Waals surface area contributed by atoms with E-state index in [0.29, 0.717) is 11.1 Å². The zero-order chi connectivity index (χ0) is 20.4. The molecule has 29 heavy (non-hydrogen) atoms. The highest BCUT2D eigenvalue weighted by Gasteiger charge is 2.22. The van der Waals surface area contributed by atoms with Gasteiger partial charge in [0.1, 0.15) is 17.8 Å². The number of aryl methyl sites for hydroxylation is 1. The van der Waals surface area contributed by atoms with Gasteiger partial charge in [-0.15, -0.1) is 0 Å². The van der Waals surface area contributed by atoms with Crippen molar-refractivity contribution in [1.29, 1.82) is 0 Å². The number of imidazole rings is 1. The number of halogens is 1. The molecule has 8 heteroatoms. The summed E-state index contributed by atoms with van der Waals surface area (Å²) in [5.41, 5.74) is 2.87. The summed E-state index contributed by atoms with van der Waals surface area (Å²) in [6, 6.07) is 8.94. The number of carbonyl (C=O) groups is 1. The number of carbonyl (C=O) groups excluding carboxylic acids is 1. The van der Waals surface area contributed by atoms with E-state index >= 15 is 0 Å².